The number of carbonyl (C=O) groups is 2. The molecule has 0 aliphatic carbocycles. The highest BCUT2D eigenvalue weighted by Crippen LogP contribution is 2.14. The molecule has 0 saturated heterocycles. The molecule has 2 rings (SSSR count). The quantitative estimate of drug-likeness (QED) is 0.839. The number of amides is 1. The molecule has 2 aromatic heterocycles. The average molecular weight is 247 g/mol. The standard InChI is InChI=1S/C12H13N3O3/c1-7-4-3-5-15-10(8(2)14-11(7)15)12(18)13-6-9(16)17/h3-5H,6H2,1-2H3,(H,13,18)(H,16,17). The summed E-state index contributed by atoms with van der Waals surface area (Å²) in [6.45, 7) is 3.22. The molecule has 2 aromatic rings. The van der Waals surface area contributed by atoms with Crippen molar-refractivity contribution < 1.29 is 14.7 Å². The first-order valence-electron chi connectivity index (χ1n) is 5.45. The third kappa shape index (κ3) is 2.04. The molecule has 0 aliphatic heterocycles. The van der Waals surface area contributed by atoms with E-state index in [0.717, 1.165) is 5.56 Å². The predicted molar refractivity (Wildman–Crippen MR) is 64.6 cm³/mol. The molecule has 6 heteroatoms. The van der Waals surface area contributed by atoms with Crippen LogP contribution in [-0.2, 0) is 4.79 Å². The topological polar surface area (TPSA) is 83.7 Å². The van der Waals surface area contributed by atoms with Crippen molar-refractivity contribution in [1.29, 1.82) is 0 Å². The van der Waals surface area contributed by atoms with E-state index in [1.54, 1.807) is 17.5 Å². The van der Waals surface area contributed by atoms with Gasteiger partial charge in [-0.25, -0.2) is 4.98 Å². The van der Waals surface area contributed by atoms with Crippen molar-refractivity contribution in [1.82, 2.24) is 14.7 Å². The van der Waals surface area contributed by atoms with Crippen LogP contribution in [-0.4, -0.2) is 32.9 Å². The van der Waals surface area contributed by atoms with Crippen LogP contribution in [0.25, 0.3) is 5.65 Å². The van der Waals surface area contributed by atoms with Gasteiger partial charge in [0.25, 0.3) is 5.91 Å². The summed E-state index contributed by atoms with van der Waals surface area (Å²) in [5.41, 5.74) is 2.61. The number of pyridine rings is 1. The van der Waals surface area contributed by atoms with E-state index < -0.39 is 18.4 Å². The fourth-order valence-electron chi connectivity index (χ4n) is 1.83. The molecule has 0 saturated carbocycles. The number of hydrogen-bond acceptors (Lipinski definition) is 3. The second-order valence-electron chi connectivity index (χ2n) is 4.01. The first-order chi connectivity index (χ1) is 8.50. The smallest absolute Gasteiger partial charge is 0.322 e. The van der Waals surface area contributed by atoms with Crippen LogP contribution in [0.15, 0.2) is 18.3 Å². The molecule has 94 valence electrons. The molecule has 0 fully saturated rings. The molecular formula is C12H13N3O3. The monoisotopic (exact) mass is 247 g/mol. The maximum Gasteiger partial charge on any atom is 0.322 e. The predicted octanol–water partition coefficient (Wildman–Crippen LogP) is 0.766. The van der Waals surface area contributed by atoms with Gasteiger partial charge in [0.15, 0.2) is 0 Å². The summed E-state index contributed by atoms with van der Waals surface area (Å²) in [4.78, 5) is 26.7. The molecule has 0 radical (unpaired) electrons. The molecule has 0 bridgehead atoms. The lowest BCUT2D eigenvalue weighted by Gasteiger charge is -2.04. The second kappa shape index (κ2) is 4.48. The Balaban J connectivity index is 2.44. The highest BCUT2D eigenvalue weighted by molar-refractivity contribution is 5.96. The Bertz CT molecular complexity index is 631. The number of nitrogens with zero attached hydrogens (tertiary/aromatic N) is 2. The Kier molecular flexibility index (Phi) is 3.01. The molecule has 0 atom stereocenters. The van der Waals surface area contributed by atoms with Gasteiger partial charge in [-0.05, 0) is 25.5 Å². The van der Waals surface area contributed by atoms with E-state index in [0.29, 0.717) is 17.0 Å². The van der Waals surface area contributed by atoms with Gasteiger partial charge >= 0.3 is 5.97 Å². The van der Waals surface area contributed by atoms with Gasteiger partial charge < -0.3 is 10.4 Å². The lowest BCUT2D eigenvalue weighted by molar-refractivity contribution is -0.135. The van der Waals surface area contributed by atoms with Crippen molar-refractivity contribution in [2.24, 2.45) is 0 Å². The molecule has 6 nitrogen and oxygen atoms in total. The van der Waals surface area contributed by atoms with Crippen molar-refractivity contribution in [3.63, 3.8) is 0 Å². The Morgan fingerprint density at radius 2 is 2.17 bits per heavy atom. The molecule has 2 heterocycles. The lowest BCUT2D eigenvalue weighted by atomic mass is 10.3. The van der Waals surface area contributed by atoms with Crippen molar-refractivity contribution in [2.45, 2.75) is 13.8 Å². The van der Waals surface area contributed by atoms with E-state index in [4.69, 9.17) is 5.11 Å². The minimum atomic E-state index is -1.08. The van der Waals surface area contributed by atoms with Crippen LogP contribution in [0.3, 0.4) is 0 Å². The molecule has 0 spiro atoms. The van der Waals surface area contributed by atoms with Crippen molar-refractivity contribution >= 4 is 17.5 Å². The maximum absolute atomic E-state index is 11.9. The average Bonchev–Trinajstić information content (AvgIpc) is 2.64. The summed E-state index contributed by atoms with van der Waals surface area (Å²) in [6.07, 6.45) is 1.73. The number of aromatic nitrogens is 2. The van der Waals surface area contributed by atoms with Crippen LogP contribution < -0.4 is 5.32 Å². The van der Waals surface area contributed by atoms with E-state index in [2.05, 4.69) is 10.3 Å². The second-order valence-corrected chi connectivity index (χ2v) is 4.01. The van der Waals surface area contributed by atoms with E-state index in [9.17, 15) is 9.59 Å². The van der Waals surface area contributed by atoms with Gasteiger partial charge in [-0.2, -0.15) is 0 Å². The molecule has 2 N–H and O–H groups in total. The summed E-state index contributed by atoms with van der Waals surface area (Å²) < 4.78 is 1.67. The number of carbonyl (C=O) groups excluding carboxylic acids is 1. The van der Waals surface area contributed by atoms with Gasteiger partial charge in [-0.15, -0.1) is 0 Å². The molecule has 0 unspecified atom stereocenters. The number of aliphatic carboxylic acids is 1. The molecule has 18 heavy (non-hydrogen) atoms. The SMILES string of the molecule is Cc1nc2c(C)cccn2c1C(=O)NCC(=O)O. The number of rotatable bonds is 3. The largest absolute Gasteiger partial charge is 0.480 e. The number of carboxylic acids is 1. The normalized spacial score (nSPS) is 10.6. The summed E-state index contributed by atoms with van der Waals surface area (Å²) in [7, 11) is 0. The van der Waals surface area contributed by atoms with Gasteiger partial charge in [-0.3, -0.25) is 14.0 Å². The highest BCUT2D eigenvalue weighted by Gasteiger charge is 2.17. The summed E-state index contributed by atoms with van der Waals surface area (Å²) in [5, 5.41) is 10.9. The van der Waals surface area contributed by atoms with Gasteiger partial charge in [0.1, 0.15) is 17.9 Å². The summed E-state index contributed by atoms with van der Waals surface area (Å²) in [5.74, 6) is -1.51. The van der Waals surface area contributed by atoms with Crippen LogP contribution >= 0.6 is 0 Å². The van der Waals surface area contributed by atoms with E-state index in [1.165, 1.54) is 0 Å². The van der Waals surface area contributed by atoms with E-state index in [-0.39, 0.29) is 0 Å². The van der Waals surface area contributed by atoms with Crippen LogP contribution in [0.5, 0.6) is 0 Å². The van der Waals surface area contributed by atoms with Gasteiger partial charge in [0.05, 0.1) is 5.69 Å². The third-order valence-electron chi connectivity index (χ3n) is 2.63. The van der Waals surface area contributed by atoms with Gasteiger partial charge in [0, 0.05) is 6.20 Å². The number of imidazole rings is 1. The van der Waals surface area contributed by atoms with Crippen LogP contribution in [0.4, 0.5) is 0 Å². The molecule has 0 aliphatic rings. The van der Waals surface area contributed by atoms with E-state index >= 15 is 0 Å². The Hall–Kier alpha value is -2.37. The number of nitrogens with one attached hydrogen (secondary N) is 1. The van der Waals surface area contributed by atoms with Crippen LogP contribution in [0.2, 0.25) is 0 Å². The summed E-state index contributed by atoms with van der Waals surface area (Å²) in [6, 6.07) is 3.72. The minimum absolute atomic E-state index is 0.370. The number of fused-ring (bicyclic) bond motifs is 1. The molecule has 1 amide bonds. The van der Waals surface area contributed by atoms with Crippen LogP contribution in [0.1, 0.15) is 21.7 Å². The fourth-order valence-corrected chi connectivity index (χ4v) is 1.83. The van der Waals surface area contributed by atoms with Crippen LogP contribution in [0, 0.1) is 13.8 Å². The number of aryl methyl sites for hydroxylation is 2. The highest BCUT2D eigenvalue weighted by atomic mass is 16.4. The Labute approximate surface area is 103 Å². The first-order valence-corrected chi connectivity index (χ1v) is 5.45. The Morgan fingerprint density at radius 1 is 1.44 bits per heavy atom. The zero-order valence-corrected chi connectivity index (χ0v) is 10.1. The minimum Gasteiger partial charge on any atom is -0.480 e. The number of carboxylic acid groups (broad SMARTS) is 1. The first kappa shape index (κ1) is 12.1. The zero-order chi connectivity index (χ0) is 13.3. The number of hydrogen-bond donors (Lipinski definition) is 2. The zero-order valence-electron chi connectivity index (χ0n) is 10.1. The third-order valence-corrected chi connectivity index (χ3v) is 2.63. The maximum atomic E-state index is 11.9. The van der Waals surface area contributed by atoms with Crippen molar-refractivity contribution in [3.8, 4) is 0 Å². The van der Waals surface area contributed by atoms with Gasteiger partial charge in [-0.1, -0.05) is 6.07 Å². The molecular weight excluding hydrogens is 234 g/mol. The fraction of sp³-hybridized carbons (Fsp3) is 0.250. The van der Waals surface area contributed by atoms with Crippen molar-refractivity contribution in [2.75, 3.05) is 6.54 Å². The van der Waals surface area contributed by atoms with E-state index in [1.807, 2.05) is 19.1 Å². The van der Waals surface area contributed by atoms with Crippen molar-refractivity contribution in [3.05, 3.63) is 35.3 Å². The Morgan fingerprint density at radius 3 is 2.83 bits per heavy atom. The molecule has 0 aromatic carbocycles. The lowest BCUT2D eigenvalue weighted by Crippen LogP contribution is -2.30. The summed E-state index contributed by atoms with van der Waals surface area (Å²) >= 11 is 0. The van der Waals surface area contributed by atoms with Gasteiger partial charge in [0.2, 0.25) is 0 Å².